The first-order valence-electron chi connectivity index (χ1n) is 11.6. The molecular formula is C27H29N3O3S. The highest BCUT2D eigenvalue weighted by Crippen LogP contribution is 2.32. The van der Waals surface area contributed by atoms with Crippen LogP contribution in [0.2, 0.25) is 0 Å². The number of carbonyl (C=O) groups is 1. The first-order valence-corrected chi connectivity index (χ1v) is 13.0. The first-order chi connectivity index (χ1) is 16.3. The second-order valence-corrected chi connectivity index (χ2v) is 11.4. The molecule has 3 aromatic rings. The Kier molecular flexibility index (Phi) is 6.02. The van der Waals surface area contributed by atoms with Gasteiger partial charge in [0.15, 0.2) is 0 Å². The summed E-state index contributed by atoms with van der Waals surface area (Å²) < 4.78 is 26.1. The molecule has 0 fully saturated rings. The average molecular weight is 476 g/mol. The zero-order valence-electron chi connectivity index (χ0n) is 19.6. The second-order valence-electron chi connectivity index (χ2n) is 9.21. The summed E-state index contributed by atoms with van der Waals surface area (Å²) in [6.45, 7) is 3.40. The summed E-state index contributed by atoms with van der Waals surface area (Å²) in [7, 11) is -0.456. The van der Waals surface area contributed by atoms with Crippen LogP contribution in [-0.2, 0) is 36.0 Å². The normalized spacial score (nSPS) is 15.9. The number of hydrogen-bond acceptors (Lipinski definition) is 4. The summed E-state index contributed by atoms with van der Waals surface area (Å²) in [5.74, 6) is -0.0552. The Morgan fingerprint density at radius 3 is 2.32 bits per heavy atom. The Balaban J connectivity index is 1.28. The van der Waals surface area contributed by atoms with Crippen molar-refractivity contribution in [3.8, 4) is 0 Å². The van der Waals surface area contributed by atoms with Crippen molar-refractivity contribution in [3.05, 3.63) is 94.5 Å². The van der Waals surface area contributed by atoms with E-state index in [-0.39, 0.29) is 10.8 Å². The van der Waals surface area contributed by atoms with Crippen molar-refractivity contribution < 1.29 is 13.2 Å². The molecule has 0 aromatic heterocycles. The fourth-order valence-electron chi connectivity index (χ4n) is 4.82. The molecule has 1 amide bonds. The van der Waals surface area contributed by atoms with Gasteiger partial charge >= 0.3 is 0 Å². The molecule has 7 heteroatoms. The third-order valence-corrected chi connectivity index (χ3v) is 8.60. The van der Waals surface area contributed by atoms with Crippen LogP contribution in [0.25, 0.3) is 0 Å². The lowest BCUT2D eigenvalue weighted by atomic mass is 9.99. The number of benzene rings is 3. The third-order valence-electron chi connectivity index (χ3n) is 6.79. The molecule has 2 aliphatic rings. The average Bonchev–Trinajstić information content (AvgIpc) is 3.27. The number of nitrogens with zero attached hydrogens (tertiary/aromatic N) is 3. The van der Waals surface area contributed by atoms with Gasteiger partial charge < -0.3 is 4.90 Å². The van der Waals surface area contributed by atoms with Crippen LogP contribution in [0.1, 0.15) is 32.6 Å². The van der Waals surface area contributed by atoms with E-state index in [1.165, 1.54) is 35.1 Å². The molecule has 0 bridgehead atoms. The lowest BCUT2D eigenvalue weighted by Crippen LogP contribution is -2.30. The van der Waals surface area contributed by atoms with Gasteiger partial charge in [-0.2, -0.15) is 0 Å². The predicted molar refractivity (Wildman–Crippen MR) is 133 cm³/mol. The molecule has 0 radical (unpaired) electrons. The van der Waals surface area contributed by atoms with E-state index >= 15 is 0 Å². The standard InChI is InChI=1S/C27H29N3O3S/c1-28(2)34(32,33)25-11-12-26-23(17-25)14-16-30(26)27(31)22-9-7-20(8-10-22)18-29-15-13-21-5-3-4-6-24(21)19-29/h3-12,17H,13-16,18-19H2,1-2H3. The highest BCUT2D eigenvalue weighted by Gasteiger charge is 2.28. The molecule has 0 saturated heterocycles. The summed E-state index contributed by atoms with van der Waals surface area (Å²) >= 11 is 0. The minimum atomic E-state index is -3.50. The molecule has 2 aliphatic heterocycles. The summed E-state index contributed by atoms with van der Waals surface area (Å²) in [5, 5.41) is 0. The van der Waals surface area contributed by atoms with E-state index in [2.05, 4.69) is 29.2 Å². The van der Waals surface area contributed by atoms with Crippen LogP contribution >= 0.6 is 0 Å². The first kappa shape index (κ1) is 22.8. The highest BCUT2D eigenvalue weighted by atomic mass is 32.2. The fraction of sp³-hybridized carbons (Fsp3) is 0.296. The lowest BCUT2D eigenvalue weighted by Gasteiger charge is -2.28. The molecular weight excluding hydrogens is 446 g/mol. The van der Waals surface area contributed by atoms with E-state index in [1.54, 1.807) is 23.1 Å². The van der Waals surface area contributed by atoms with Gasteiger partial charge in [-0.3, -0.25) is 9.69 Å². The van der Waals surface area contributed by atoms with Crippen LogP contribution in [0.15, 0.2) is 71.6 Å². The number of rotatable bonds is 5. The van der Waals surface area contributed by atoms with Crippen molar-refractivity contribution in [2.45, 2.75) is 30.8 Å². The van der Waals surface area contributed by atoms with E-state index in [4.69, 9.17) is 0 Å². The second kappa shape index (κ2) is 8.98. The molecule has 2 heterocycles. The molecule has 176 valence electrons. The number of sulfonamides is 1. The van der Waals surface area contributed by atoms with Gasteiger partial charge in [-0.05, 0) is 65.4 Å². The monoisotopic (exact) mass is 475 g/mol. The van der Waals surface area contributed by atoms with Crippen molar-refractivity contribution in [2.75, 3.05) is 32.1 Å². The highest BCUT2D eigenvalue weighted by molar-refractivity contribution is 7.89. The molecule has 5 rings (SSSR count). The van der Waals surface area contributed by atoms with Crippen molar-refractivity contribution in [3.63, 3.8) is 0 Å². The minimum absolute atomic E-state index is 0.0552. The molecule has 0 atom stereocenters. The van der Waals surface area contributed by atoms with Crippen LogP contribution in [0.5, 0.6) is 0 Å². The number of amides is 1. The molecule has 0 spiro atoms. The van der Waals surface area contributed by atoms with Gasteiger partial charge in [-0.1, -0.05) is 36.4 Å². The molecule has 6 nitrogen and oxygen atoms in total. The van der Waals surface area contributed by atoms with Gasteiger partial charge in [0, 0.05) is 51.5 Å². The van der Waals surface area contributed by atoms with Crippen LogP contribution in [-0.4, -0.2) is 50.7 Å². The molecule has 0 saturated carbocycles. The number of hydrogen-bond donors (Lipinski definition) is 0. The third kappa shape index (κ3) is 4.27. The van der Waals surface area contributed by atoms with Crippen LogP contribution in [0, 0.1) is 0 Å². The summed E-state index contributed by atoms with van der Waals surface area (Å²) in [4.78, 5) is 17.7. The van der Waals surface area contributed by atoms with Gasteiger partial charge in [0.2, 0.25) is 10.0 Å². The topological polar surface area (TPSA) is 60.9 Å². The zero-order valence-corrected chi connectivity index (χ0v) is 20.4. The fourth-order valence-corrected chi connectivity index (χ4v) is 5.77. The minimum Gasteiger partial charge on any atom is -0.308 e. The zero-order chi connectivity index (χ0) is 23.9. The Hall–Kier alpha value is -3.00. The van der Waals surface area contributed by atoms with Crippen LogP contribution in [0.4, 0.5) is 5.69 Å². The maximum absolute atomic E-state index is 13.2. The summed E-state index contributed by atoms with van der Waals surface area (Å²) in [6, 6.07) is 21.5. The Morgan fingerprint density at radius 1 is 0.882 bits per heavy atom. The van der Waals surface area contributed by atoms with E-state index in [0.717, 1.165) is 37.3 Å². The Labute approximate surface area is 201 Å². The molecule has 0 N–H and O–H groups in total. The van der Waals surface area contributed by atoms with E-state index in [0.29, 0.717) is 18.5 Å². The Bertz CT molecular complexity index is 1330. The van der Waals surface area contributed by atoms with Crippen molar-refractivity contribution >= 4 is 21.6 Å². The van der Waals surface area contributed by atoms with Crippen LogP contribution in [0.3, 0.4) is 0 Å². The van der Waals surface area contributed by atoms with Gasteiger partial charge in [-0.15, -0.1) is 0 Å². The smallest absolute Gasteiger partial charge is 0.258 e. The SMILES string of the molecule is CN(C)S(=O)(=O)c1ccc2c(c1)CCN2C(=O)c1ccc(CN2CCc3ccccc3C2)cc1. The summed E-state index contributed by atoms with van der Waals surface area (Å²) in [5.41, 5.74) is 6.35. The van der Waals surface area contributed by atoms with E-state index in [1.807, 2.05) is 24.3 Å². The molecule has 34 heavy (non-hydrogen) atoms. The van der Waals surface area contributed by atoms with Crippen molar-refractivity contribution in [1.82, 2.24) is 9.21 Å². The molecule has 3 aromatic carbocycles. The van der Waals surface area contributed by atoms with Gasteiger partial charge in [0.25, 0.3) is 5.91 Å². The van der Waals surface area contributed by atoms with Gasteiger partial charge in [0.05, 0.1) is 4.90 Å². The maximum Gasteiger partial charge on any atom is 0.258 e. The van der Waals surface area contributed by atoms with E-state index < -0.39 is 10.0 Å². The number of anilines is 1. The molecule has 0 aliphatic carbocycles. The van der Waals surface area contributed by atoms with Gasteiger partial charge in [0.1, 0.15) is 0 Å². The van der Waals surface area contributed by atoms with Crippen molar-refractivity contribution in [2.24, 2.45) is 0 Å². The van der Waals surface area contributed by atoms with Crippen molar-refractivity contribution in [1.29, 1.82) is 0 Å². The van der Waals surface area contributed by atoms with E-state index in [9.17, 15) is 13.2 Å². The lowest BCUT2D eigenvalue weighted by molar-refractivity contribution is 0.0989. The largest absolute Gasteiger partial charge is 0.308 e. The molecule has 0 unspecified atom stereocenters. The van der Waals surface area contributed by atoms with Crippen LogP contribution < -0.4 is 4.90 Å². The quantitative estimate of drug-likeness (QED) is 0.565. The number of fused-ring (bicyclic) bond motifs is 2. The Morgan fingerprint density at radius 2 is 1.59 bits per heavy atom. The number of carbonyl (C=O) groups excluding carboxylic acids is 1. The summed E-state index contributed by atoms with van der Waals surface area (Å²) in [6.07, 6.45) is 1.71. The van der Waals surface area contributed by atoms with Gasteiger partial charge in [-0.25, -0.2) is 12.7 Å². The predicted octanol–water partition coefficient (Wildman–Crippen LogP) is 3.70. The maximum atomic E-state index is 13.2.